The van der Waals surface area contributed by atoms with E-state index >= 15 is 0 Å². The molecule has 0 saturated heterocycles. The van der Waals surface area contributed by atoms with Crippen LogP contribution in [0.4, 0.5) is 0 Å². The second-order valence-electron chi connectivity index (χ2n) is 6.40. The second kappa shape index (κ2) is 18.0. The number of hydrogen-bond donors (Lipinski definition) is 0. The molecule has 0 aliphatic heterocycles. The van der Waals surface area contributed by atoms with E-state index in [0.717, 1.165) is 0 Å². The van der Waals surface area contributed by atoms with Crippen molar-refractivity contribution >= 4 is 54.0 Å². The summed E-state index contributed by atoms with van der Waals surface area (Å²) in [6.45, 7) is 4.25. The van der Waals surface area contributed by atoms with Crippen molar-refractivity contribution in [2.45, 2.75) is 13.8 Å². The van der Waals surface area contributed by atoms with Gasteiger partial charge in [-0.05, 0) is 0 Å². The zero-order chi connectivity index (χ0) is 20.2. The minimum atomic E-state index is 0. The van der Waals surface area contributed by atoms with Crippen LogP contribution in [0, 0.1) is 27.3 Å². The maximum Gasteiger partial charge on any atom is -0.171 e. The number of rotatable bonds is 0. The summed E-state index contributed by atoms with van der Waals surface area (Å²) in [5, 5.41) is 5.39. The van der Waals surface area contributed by atoms with E-state index < -0.39 is 0 Å². The van der Waals surface area contributed by atoms with Gasteiger partial charge in [0.1, 0.15) is 0 Å². The van der Waals surface area contributed by atoms with Gasteiger partial charge in [-0.1, -0.05) is 26.0 Å². The van der Waals surface area contributed by atoms with Gasteiger partial charge in [0.2, 0.25) is 0 Å². The first kappa shape index (κ1) is 31.6. The molecule has 4 heteroatoms. The zero-order valence-corrected chi connectivity index (χ0v) is 22.3. The third-order valence-corrected chi connectivity index (χ3v) is 4.13. The summed E-state index contributed by atoms with van der Waals surface area (Å²) in [6, 6.07) is 38.2. The SMILES string of the molecule is Cc1cc2ccccc2[cH-]1.Cc1cc2ccccc2[cH-]1.Cl.Cl.[CH3-].[Si]=[Ti].[c-]1ccccc1. The molecule has 0 amide bonds. The molecule has 0 spiro atoms. The summed E-state index contributed by atoms with van der Waals surface area (Å²) in [4.78, 5) is 0. The van der Waals surface area contributed by atoms with Gasteiger partial charge in [0.25, 0.3) is 0 Å². The molecule has 0 fully saturated rings. The fourth-order valence-corrected chi connectivity index (χ4v) is 2.95. The molecule has 0 bridgehead atoms. The average Bonchev–Trinajstić information content (AvgIpc) is 3.32. The van der Waals surface area contributed by atoms with Crippen molar-refractivity contribution in [2.75, 3.05) is 0 Å². The van der Waals surface area contributed by atoms with Crippen LogP contribution in [-0.4, -0.2) is 7.63 Å². The summed E-state index contributed by atoms with van der Waals surface area (Å²) in [7, 11) is 2.97. The Labute approximate surface area is 213 Å². The van der Waals surface area contributed by atoms with Crippen LogP contribution in [0.5, 0.6) is 0 Å². The largest absolute Gasteiger partial charge is 0.184 e. The topological polar surface area (TPSA) is 0 Å². The Bertz CT molecular complexity index is 919. The fourth-order valence-electron chi connectivity index (χ4n) is 2.95. The van der Waals surface area contributed by atoms with Gasteiger partial charge in [-0.15, -0.1) is 106 Å². The van der Waals surface area contributed by atoms with Crippen molar-refractivity contribution in [1.29, 1.82) is 0 Å². The average molecular weight is 499 g/mol. The summed E-state index contributed by atoms with van der Waals surface area (Å²) >= 11 is 1.81. The van der Waals surface area contributed by atoms with Crippen molar-refractivity contribution in [3.63, 3.8) is 0 Å². The Morgan fingerprint density at radius 3 is 1.32 bits per heavy atom. The first-order chi connectivity index (χ1) is 13.7. The predicted molar refractivity (Wildman–Crippen MR) is 140 cm³/mol. The van der Waals surface area contributed by atoms with E-state index in [1.165, 1.54) is 32.7 Å². The number of hydrogen-bond acceptors (Lipinski definition) is 0. The standard InChI is InChI=1S/2C10H9.C6H5.CH3.2ClH.Si.Ti/c2*1-8-6-9-4-2-3-5-10(9)7-8;1-2-4-6-5-3-1;;;;;/h2*2-7H,1H3;1-5H;1H3;2*1H;;/q4*-1;;;;. The summed E-state index contributed by atoms with van der Waals surface area (Å²) in [5.74, 6) is 0. The molecule has 5 aromatic carbocycles. The molecule has 0 aromatic heterocycles. The van der Waals surface area contributed by atoms with Crippen molar-refractivity contribution in [1.82, 2.24) is 0 Å². The minimum absolute atomic E-state index is 0. The van der Waals surface area contributed by atoms with E-state index in [1.807, 2.05) is 30.3 Å². The van der Waals surface area contributed by atoms with Crippen molar-refractivity contribution in [3.05, 3.63) is 128 Å². The van der Waals surface area contributed by atoms with Crippen LogP contribution in [0.15, 0.2) is 103 Å². The van der Waals surface area contributed by atoms with Gasteiger partial charge >= 0.3 is 26.8 Å². The predicted octanol–water partition coefficient (Wildman–Crippen LogP) is 8.13. The van der Waals surface area contributed by atoms with Gasteiger partial charge in [0, 0.05) is 0 Å². The minimum Gasteiger partial charge on any atom is -0.184 e. The normalized spacial score (nSPS) is 8.42. The number of halogens is 2. The van der Waals surface area contributed by atoms with E-state index in [4.69, 9.17) is 0 Å². The van der Waals surface area contributed by atoms with Crippen molar-refractivity contribution in [3.8, 4) is 0 Å². The zero-order valence-electron chi connectivity index (χ0n) is 18.1. The fraction of sp³-hybridized carbons (Fsp3) is 0.0741. The van der Waals surface area contributed by atoms with Crippen LogP contribution in [0.2, 0.25) is 0 Å². The van der Waals surface area contributed by atoms with E-state index in [2.05, 4.69) is 100 Å². The van der Waals surface area contributed by atoms with Crippen LogP contribution in [0.3, 0.4) is 0 Å². The first-order valence-electron chi connectivity index (χ1n) is 9.12. The van der Waals surface area contributed by atoms with Gasteiger partial charge < -0.3 is 7.43 Å². The van der Waals surface area contributed by atoms with Crippen LogP contribution in [0.1, 0.15) is 11.1 Å². The van der Waals surface area contributed by atoms with Crippen LogP contribution in [0.25, 0.3) is 21.5 Å². The molecule has 162 valence electrons. The molecule has 5 rings (SSSR count). The molecule has 0 aliphatic carbocycles. The van der Waals surface area contributed by atoms with Gasteiger partial charge in [-0.25, -0.2) is 0 Å². The monoisotopic (exact) mass is 498 g/mol. The first-order valence-corrected chi connectivity index (χ1v) is 12.0. The van der Waals surface area contributed by atoms with Gasteiger partial charge in [-0.3, -0.25) is 0 Å². The van der Waals surface area contributed by atoms with Crippen molar-refractivity contribution < 1.29 is 19.2 Å². The van der Waals surface area contributed by atoms with Gasteiger partial charge in [-0.2, -0.15) is 48.5 Å². The molecular formula is C27H28Cl2SiTi-4. The third-order valence-electron chi connectivity index (χ3n) is 4.13. The van der Waals surface area contributed by atoms with E-state index in [1.54, 1.807) is 19.2 Å². The van der Waals surface area contributed by atoms with E-state index in [-0.39, 0.29) is 32.2 Å². The summed E-state index contributed by atoms with van der Waals surface area (Å²) in [6.07, 6.45) is 0. The molecule has 0 nitrogen and oxygen atoms in total. The smallest absolute Gasteiger partial charge is 0.171 e. The molecule has 0 saturated carbocycles. The van der Waals surface area contributed by atoms with E-state index in [9.17, 15) is 0 Å². The molecular weight excluding hydrogens is 471 g/mol. The Hall–Kier alpha value is -1.61. The molecule has 0 aliphatic rings. The quantitative estimate of drug-likeness (QED) is 0.149. The Balaban J connectivity index is 0. The molecule has 0 unspecified atom stereocenters. The number of aryl methyl sites for hydroxylation is 2. The molecule has 31 heavy (non-hydrogen) atoms. The molecule has 0 heterocycles. The van der Waals surface area contributed by atoms with Gasteiger partial charge in [0.05, 0.1) is 0 Å². The number of fused-ring (bicyclic) bond motifs is 2. The molecule has 5 aromatic rings. The van der Waals surface area contributed by atoms with Crippen LogP contribution in [-0.2, 0) is 19.2 Å². The van der Waals surface area contributed by atoms with Gasteiger partial charge in [0.15, 0.2) is 0 Å². The third kappa shape index (κ3) is 11.0. The summed E-state index contributed by atoms with van der Waals surface area (Å²) < 4.78 is 0. The Morgan fingerprint density at radius 2 is 1.03 bits per heavy atom. The molecule has 0 atom stereocenters. The molecule has 2 radical (unpaired) electrons. The van der Waals surface area contributed by atoms with Crippen molar-refractivity contribution in [2.24, 2.45) is 0 Å². The van der Waals surface area contributed by atoms with E-state index in [0.29, 0.717) is 0 Å². The molecule has 0 N–H and O–H groups in total. The Kier molecular flexibility index (Phi) is 18.3. The number of benzene rings is 3. The Morgan fingerprint density at radius 1 is 0.645 bits per heavy atom. The maximum atomic E-state index is 2.97. The van der Waals surface area contributed by atoms with Crippen LogP contribution < -0.4 is 0 Å². The van der Waals surface area contributed by atoms with Crippen LogP contribution >= 0.6 is 24.8 Å². The summed E-state index contributed by atoms with van der Waals surface area (Å²) in [5.41, 5.74) is 2.70. The second-order valence-corrected chi connectivity index (χ2v) is 6.40. The maximum absolute atomic E-state index is 2.97.